The van der Waals surface area contributed by atoms with Gasteiger partial charge in [-0.25, -0.2) is 0 Å². The van der Waals surface area contributed by atoms with Crippen LogP contribution in [0.1, 0.15) is 17.9 Å². The number of rotatable bonds is 5. The first kappa shape index (κ1) is 17.4. The Morgan fingerprint density at radius 1 is 1.08 bits per heavy atom. The summed E-state index contributed by atoms with van der Waals surface area (Å²) in [4.78, 5) is 15.0. The Hall–Kier alpha value is -2.39. The van der Waals surface area contributed by atoms with Crippen molar-refractivity contribution in [2.45, 2.75) is 12.3 Å². The molecular weight excluding hydrogens is 374 g/mol. The summed E-state index contributed by atoms with van der Waals surface area (Å²) in [5, 5.41) is 2.26. The summed E-state index contributed by atoms with van der Waals surface area (Å²) in [7, 11) is 1.82. The number of anilines is 1. The monoisotopic (exact) mass is 393 g/mol. The number of para-hydroxylation sites is 1. The lowest BCUT2D eigenvalue weighted by Gasteiger charge is -2.25. The van der Waals surface area contributed by atoms with Gasteiger partial charge in [0.15, 0.2) is 0 Å². The maximum Gasteiger partial charge on any atom is 0.234 e. The minimum atomic E-state index is -0.263. The van der Waals surface area contributed by atoms with Crippen molar-refractivity contribution in [3.8, 4) is 0 Å². The van der Waals surface area contributed by atoms with Crippen LogP contribution in [0.15, 0.2) is 83.9 Å². The summed E-state index contributed by atoms with van der Waals surface area (Å²) in [6.07, 6.45) is 2.42. The third kappa shape index (κ3) is 3.52. The van der Waals surface area contributed by atoms with E-state index in [1.54, 1.807) is 4.90 Å². The molecule has 25 heavy (non-hydrogen) atoms. The molecule has 0 saturated heterocycles. The first-order chi connectivity index (χ1) is 12.1. The highest BCUT2D eigenvalue weighted by atomic mass is 79.9. The second-order valence-corrected chi connectivity index (χ2v) is 6.85. The van der Waals surface area contributed by atoms with E-state index in [2.05, 4.69) is 40.7 Å². The highest BCUT2D eigenvalue weighted by Gasteiger charge is 2.25. The molecule has 3 aromatic rings. The molecule has 0 aliphatic rings. The lowest BCUT2D eigenvalue weighted by atomic mass is 9.90. The number of allylic oxidation sites excluding steroid dienone is 1. The van der Waals surface area contributed by atoms with Gasteiger partial charge < -0.3 is 4.90 Å². The van der Waals surface area contributed by atoms with Crippen LogP contribution in [0, 0.1) is 0 Å². The number of carbonyl (C=O) groups excluding carboxylic acids is 1. The smallest absolute Gasteiger partial charge is 0.234 e. The van der Waals surface area contributed by atoms with Gasteiger partial charge >= 0.3 is 0 Å². The molecule has 0 bridgehead atoms. The maximum atomic E-state index is 13.3. The Labute approximate surface area is 156 Å². The van der Waals surface area contributed by atoms with Gasteiger partial charge in [0.1, 0.15) is 0 Å². The van der Waals surface area contributed by atoms with Gasteiger partial charge in [-0.3, -0.25) is 4.79 Å². The zero-order chi connectivity index (χ0) is 17.8. The van der Waals surface area contributed by atoms with Crippen LogP contribution in [-0.4, -0.2) is 13.0 Å². The summed E-state index contributed by atoms with van der Waals surface area (Å²) >= 11 is 3.54. The van der Waals surface area contributed by atoms with Crippen molar-refractivity contribution in [2.24, 2.45) is 0 Å². The number of halogens is 1. The number of benzene rings is 3. The van der Waals surface area contributed by atoms with E-state index in [1.807, 2.05) is 61.7 Å². The summed E-state index contributed by atoms with van der Waals surface area (Å²) in [6.45, 7) is 3.86. The van der Waals surface area contributed by atoms with Crippen molar-refractivity contribution < 1.29 is 4.79 Å². The minimum absolute atomic E-state index is 0.0585. The molecule has 0 radical (unpaired) electrons. The topological polar surface area (TPSA) is 20.3 Å². The molecule has 0 saturated carbocycles. The van der Waals surface area contributed by atoms with E-state index in [1.165, 1.54) is 0 Å². The first-order valence-electron chi connectivity index (χ1n) is 8.24. The Morgan fingerprint density at radius 2 is 1.76 bits per heavy atom. The Bertz CT molecular complexity index is 913. The van der Waals surface area contributed by atoms with Crippen LogP contribution in [0.2, 0.25) is 0 Å². The Kier molecular flexibility index (Phi) is 5.34. The highest BCUT2D eigenvalue weighted by Crippen LogP contribution is 2.32. The number of carbonyl (C=O) groups is 1. The number of fused-ring (bicyclic) bond motifs is 1. The average Bonchev–Trinajstić information content (AvgIpc) is 2.65. The molecule has 0 N–H and O–H groups in total. The largest absolute Gasteiger partial charge is 0.314 e. The molecule has 0 heterocycles. The van der Waals surface area contributed by atoms with Gasteiger partial charge in [-0.1, -0.05) is 60.7 Å². The fraction of sp³-hybridized carbons (Fsp3) is 0.136. The fourth-order valence-corrected chi connectivity index (χ4v) is 3.71. The van der Waals surface area contributed by atoms with Gasteiger partial charge in [-0.2, -0.15) is 0 Å². The molecule has 0 spiro atoms. The summed E-state index contributed by atoms with van der Waals surface area (Å²) < 4.78 is 0.904. The van der Waals surface area contributed by atoms with Gasteiger partial charge in [0.05, 0.1) is 11.6 Å². The van der Waals surface area contributed by atoms with Crippen molar-refractivity contribution in [3.05, 3.63) is 89.4 Å². The molecule has 126 valence electrons. The van der Waals surface area contributed by atoms with E-state index >= 15 is 0 Å². The SMILES string of the molecule is C=CCC(C(=O)N(C)c1ccccc1Br)c1cccc2ccccc12. The van der Waals surface area contributed by atoms with Gasteiger partial charge in [0.2, 0.25) is 5.91 Å². The van der Waals surface area contributed by atoms with Crippen molar-refractivity contribution >= 4 is 38.3 Å². The van der Waals surface area contributed by atoms with Gasteiger partial charge in [0, 0.05) is 11.5 Å². The average molecular weight is 394 g/mol. The van der Waals surface area contributed by atoms with Crippen LogP contribution >= 0.6 is 15.9 Å². The molecule has 0 aliphatic carbocycles. The van der Waals surface area contributed by atoms with Crippen LogP contribution in [0.3, 0.4) is 0 Å². The zero-order valence-corrected chi connectivity index (χ0v) is 15.7. The molecule has 0 aliphatic heterocycles. The van der Waals surface area contributed by atoms with Crippen molar-refractivity contribution in [1.82, 2.24) is 0 Å². The van der Waals surface area contributed by atoms with E-state index in [0.29, 0.717) is 6.42 Å². The number of hydrogen-bond donors (Lipinski definition) is 0. The van der Waals surface area contributed by atoms with Crippen molar-refractivity contribution in [3.63, 3.8) is 0 Å². The summed E-state index contributed by atoms with van der Waals surface area (Å²) in [6, 6.07) is 22.1. The van der Waals surface area contributed by atoms with Crippen molar-refractivity contribution in [1.29, 1.82) is 0 Å². The van der Waals surface area contributed by atoms with E-state index in [9.17, 15) is 4.79 Å². The van der Waals surface area contributed by atoms with E-state index < -0.39 is 0 Å². The fourth-order valence-electron chi connectivity index (χ4n) is 3.16. The van der Waals surface area contributed by atoms with Crippen LogP contribution < -0.4 is 4.90 Å². The third-order valence-electron chi connectivity index (χ3n) is 4.44. The quantitative estimate of drug-likeness (QED) is 0.492. The lowest BCUT2D eigenvalue weighted by molar-refractivity contribution is -0.119. The second kappa shape index (κ2) is 7.66. The molecule has 3 heteroatoms. The van der Waals surface area contributed by atoms with Crippen LogP contribution in [0.25, 0.3) is 10.8 Å². The summed E-state index contributed by atoms with van der Waals surface area (Å²) in [5.41, 5.74) is 1.91. The number of hydrogen-bond acceptors (Lipinski definition) is 1. The molecular formula is C22H20BrNO. The Balaban J connectivity index is 2.05. The molecule has 0 aromatic heterocycles. The lowest BCUT2D eigenvalue weighted by Crippen LogP contribution is -2.32. The van der Waals surface area contributed by atoms with Crippen molar-refractivity contribution in [2.75, 3.05) is 11.9 Å². The standard InChI is InChI=1S/C22H20BrNO/c1-3-9-19(18-13-8-11-16-10-4-5-12-17(16)18)22(25)24(2)21-15-7-6-14-20(21)23/h3-8,10-15,19H,1,9H2,2H3. The van der Waals surface area contributed by atoms with Crippen LogP contribution in [0.5, 0.6) is 0 Å². The number of nitrogens with zero attached hydrogens (tertiary/aromatic N) is 1. The maximum absolute atomic E-state index is 13.3. The first-order valence-corrected chi connectivity index (χ1v) is 9.03. The van der Waals surface area contributed by atoms with E-state index in [4.69, 9.17) is 0 Å². The molecule has 1 unspecified atom stereocenters. The second-order valence-electron chi connectivity index (χ2n) is 5.99. The van der Waals surface area contributed by atoms with Gasteiger partial charge in [-0.05, 0) is 50.8 Å². The predicted molar refractivity (Wildman–Crippen MR) is 109 cm³/mol. The van der Waals surface area contributed by atoms with Crippen LogP contribution in [0.4, 0.5) is 5.69 Å². The Morgan fingerprint density at radius 3 is 2.52 bits per heavy atom. The molecule has 0 fully saturated rings. The molecule has 3 aromatic carbocycles. The zero-order valence-electron chi connectivity index (χ0n) is 14.2. The van der Waals surface area contributed by atoms with E-state index in [0.717, 1.165) is 26.5 Å². The van der Waals surface area contributed by atoms with Crippen LogP contribution in [-0.2, 0) is 4.79 Å². The van der Waals surface area contributed by atoms with Gasteiger partial charge in [-0.15, -0.1) is 6.58 Å². The highest BCUT2D eigenvalue weighted by molar-refractivity contribution is 9.10. The van der Waals surface area contributed by atoms with E-state index in [-0.39, 0.29) is 11.8 Å². The number of likely N-dealkylation sites (N-methyl/N-ethyl adjacent to an activating group) is 1. The molecule has 3 rings (SSSR count). The molecule has 1 atom stereocenters. The third-order valence-corrected chi connectivity index (χ3v) is 5.11. The normalized spacial score (nSPS) is 11.9. The molecule has 1 amide bonds. The minimum Gasteiger partial charge on any atom is -0.314 e. The number of amides is 1. The predicted octanol–water partition coefficient (Wildman–Crippen LogP) is 5.93. The summed E-state index contributed by atoms with van der Waals surface area (Å²) in [5.74, 6) is -0.205. The molecule has 2 nitrogen and oxygen atoms in total. The van der Waals surface area contributed by atoms with Gasteiger partial charge in [0.25, 0.3) is 0 Å².